The third-order valence-electron chi connectivity index (χ3n) is 3.22. The van der Waals surface area contributed by atoms with Crippen LogP contribution in [0.2, 0.25) is 0 Å². The predicted octanol–water partition coefficient (Wildman–Crippen LogP) is 1.89. The van der Waals surface area contributed by atoms with Crippen LogP contribution in [0, 0.1) is 0 Å². The largest absolute Gasteiger partial charge is 0.466 e. The van der Waals surface area contributed by atoms with Crippen molar-refractivity contribution >= 4 is 6.03 Å². The second-order valence-electron chi connectivity index (χ2n) is 5.04. The lowest BCUT2D eigenvalue weighted by Gasteiger charge is -2.23. The third kappa shape index (κ3) is 3.86. The molecule has 1 aliphatic rings. The van der Waals surface area contributed by atoms with Gasteiger partial charge in [0, 0.05) is 6.04 Å². The smallest absolute Gasteiger partial charge is 0.315 e. The number of amides is 2. The minimum Gasteiger partial charge on any atom is -0.466 e. The van der Waals surface area contributed by atoms with Crippen molar-refractivity contribution in [1.29, 1.82) is 0 Å². The summed E-state index contributed by atoms with van der Waals surface area (Å²) in [6.07, 6.45) is 8.70. The molecule has 1 aromatic heterocycles. The fourth-order valence-electron chi connectivity index (χ4n) is 2.08. The summed E-state index contributed by atoms with van der Waals surface area (Å²) in [6, 6.07) is 3.20. The summed E-state index contributed by atoms with van der Waals surface area (Å²) in [5, 5.41) is 15.7. The van der Waals surface area contributed by atoms with E-state index in [4.69, 9.17) is 4.42 Å². The highest BCUT2D eigenvalue weighted by Crippen LogP contribution is 2.19. The fourth-order valence-corrected chi connectivity index (χ4v) is 2.08. The molecule has 2 amide bonds. The molecular formula is C14H20N2O3. The van der Waals surface area contributed by atoms with Gasteiger partial charge in [0.2, 0.25) is 0 Å². The van der Waals surface area contributed by atoms with Crippen LogP contribution < -0.4 is 10.6 Å². The maximum atomic E-state index is 11.7. The zero-order valence-corrected chi connectivity index (χ0v) is 11.1. The highest BCUT2D eigenvalue weighted by Gasteiger charge is 2.27. The normalized spacial score (nSPS) is 21.7. The van der Waals surface area contributed by atoms with Gasteiger partial charge in [-0.15, -0.1) is 0 Å². The van der Waals surface area contributed by atoms with E-state index >= 15 is 0 Å². The van der Waals surface area contributed by atoms with Crippen molar-refractivity contribution in [2.75, 3.05) is 6.54 Å². The second-order valence-corrected chi connectivity index (χ2v) is 5.04. The number of hydrogen-bond acceptors (Lipinski definition) is 3. The van der Waals surface area contributed by atoms with Crippen LogP contribution >= 0.6 is 0 Å². The molecule has 0 bridgehead atoms. The summed E-state index contributed by atoms with van der Waals surface area (Å²) < 4.78 is 5.15. The number of carbonyl (C=O) groups is 1. The van der Waals surface area contributed by atoms with E-state index in [0.29, 0.717) is 5.76 Å². The van der Waals surface area contributed by atoms with E-state index in [1.165, 1.54) is 6.26 Å². The minimum absolute atomic E-state index is 0.0855. The minimum atomic E-state index is -1.21. The maximum Gasteiger partial charge on any atom is 0.315 e. The van der Waals surface area contributed by atoms with Gasteiger partial charge >= 0.3 is 6.03 Å². The molecule has 0 fully saturated rings. The van der Waals surface area contributed by atoms with Crippen molar-refractivity contribution in [2.24, 2.45) is 0 Å². The Bertz CT molecular complexity index is 438. The standard InChI is InChI=1S/C14H20N2O3/c1-14(18,12-8-5-9-19-12)10-15-13(17)16-11-6-3-2-4-7-11/h3,5-6,8-9,11,18H,2,4,7,10H2,1H3,(H2,15,16,17). The third-order valence-corrected chi connectivity index (χ3v) is 3.22. The zero-order chi connectivity index (χ0) is 13.7. The Kier molecular flexibility index (Phi) is 4.27. The molecule has 1 aromatic rings. The Labute approximate surface area is 112 Å². The van der Waals surface area contributed by atoms with Crippen molar-refractivity contribution in [2.45, 2.75) is 37.8 Å². The summed E-state index contributed by atoms with van der Waals surface area (Å²) in [6.45, 7) is 1.70. The van der Waals surface area contributed by atoms with Crippen LogP contribution in [0.5, 0.6) is 0 Å². The van der Waals surface area contributed by atoms with Crippen LogP contribution in [0.25, 0.3) is 0 Å². The van der Waals surface area contributed by atoms with Crippen LogP contribution in [-0.4, -0.2) is 23.7 Å². The number of rotatable bonds is 4. The summed E-state index contributed by atoms with van der Waals surface area (Å²) in [5.74, 6) is 0.436. The van der Waals surface area contributed by atoms with Crippen molar-refractivity contribution in [3.8, 4) is 0 Å². The molecule has 1 aliphatic carbocycles. The zero-order valence-electron chi connectivity index (χ0n) is 11.1. The SMILES string of the molecule is CC(O)(CNC(=O)NC1C=CCCC1)c1ccco1. The quantitative estimate of drug-likeness (QED) is 0.727. The van der Waals surface area contributed by atoms with E-state index in [1.807, 2.05) is 6.08 Å². The molecule has 104 valence electrons. The number of urea groups is 1. The van der Waals surface area contributed by atoms with E-state index in [9.17, 15) is 9.90 Å². The van der Waals surface area contributed by atoms with Gasteiger partial charge in [0.1, 0.15) is 11.4 Å². The summed E-state index contributed by atoms with van der Waals surface area (Å²) in [5.41, 5.74) is -1.21. The van der Waals surface area contributed by atoms with Gasteiger partial charge in [0.25, 0.3) is 0 Å². The van der Waals surface area contributed by atoms with Gasteiger partial charge in [-0.3, -0.25) is 0 Å². The number of hydrogen-bond donors (Lipinski definition) is 3. The molecule has 0 aromatic carbocycles. The molecule has 0 radical (unpaired) electrons. The Morgan fingerprint density at radius 2 is 2.47 bits per heavy atom. The summed E-state index contributed by atoms with van der Waals surface area (Å²) >= 11 is 0. The first kappa shape index (κ1) is 13.7. The molecule has 0 spiro atoms. The lowest BCUT2D eigenvalue weighted by atomic mass is 10.0. The van der Waals surface area contributed by atoms with Gasteiger partial charge in [0.05, 0.1) is 12.8 Å². The molecule has 3 N–H and O–H groups in total. The highest BCUT2D eigenvalue weighted by molar-refractivity contribution is 5.74. The Hall–Kier alpha value is -1.75. The number of nitrogens with one attached hydrogen (secondary N) is 2. The van der Waals surface area contributed by atoms with Crippen LogP contribution in [0.3, 0.4) is 0 Å². The van der Waals surface area contributed by atoms with E-state index in [-0.39, 0.29) is 18.6 Å². The topological polar surface area (TPSA) is 74.5 Å². The number of allylic oxidation sites excluding steroid dienone is 1. The number of carbonyl (C=O) groups excluding carboxylic acids is 1. The van der Waals surface area contributed by atoms with E-state index in [2.05, 4.69) is 16.7 Å². The second kappa shape index (κ2) is 5.93. The van der Waals surface area contributed by atoms with Crippen molar-refractivity contribution in [3.63, 3.8) is 0 Å². The van der Waals surface area contributed by atoms with Crippen LogP contribution in [0.1, 0.15) is 31.9 Å². The molecule has 1 heterocycles. The summed E-state index contributed by atoms with van der Waals surface area (Å²) in [4.78, 5) is 11.7. The Morgan fingerprint density at radius 1 is 1.63 bits per heavy atom. The molecule has 5 nitrogen and oxygen atoms in total. The molecule has 19 heavy (non-hydrogen) atoms. The molecule has 2 atom stereocenters. The molecule has 0 saturated carbocycles. The molecule has 2 rings (SSSR count). The van der Waals surface area contributed by atoms with Gasteiger partial charge in [-0.05, 0) is 38.3 Å². The molecular weight excluding hydrogens is 244 g/mol. The van der Waals surface area contributed by atoms with E-state index < -0.39 is 5.60 Å². The number of aliphatic hydroxyl groups is 1. The van der Waals surface area contributed by atoms with Crippen molar-refractivity contribution in [1.82, 2.24) is 10.6 Å². The maximum absolute atomic E-state index is 11.7. The van der Waals surface area contributed by atoms with Crippen LogP contribution in [0.4, 0.5) is 4.79 Å². The van der Waals surface area contributed by atoms with Crippen LogP contribution in [0.15, 0.2) is 35.0 Å². The highest BCUT2D eigenvalue weighted by atomic mass is 16.4. The average Bonchev–Trinajstić information content (AvgIpc) is 2.92. The van der Waals surface area contributed by atoms with Gasteiger partial charge in [0.15, 0.2) is 0 Å². The van der Waals surface area contributed by atoms with Gasteiger partial charge in [-0.25, -0.2) is 4.79 Å². The van der Waals surface area contributed by atoms with Crippen molar-refractivity contribution in [3.05, 3.63) is 36.3 Å². The molecule has 5 heteroatoms. The van der Waals surface area contributed by atoms with Gasteiger partial charge < -0.3 is 20.2 Å². The first-order chi connectivity index (χ1) is 9.08. The average molecular weight is 264 g/mol. The van der Waals surface area contributed by atoms with Gasteiger partial charge in [-0.1, -0.05) is 12.2 Å². The Balaban J connectivity index is 1.80. The monoisotopic (exact) mass is 264 g/mol. The van der Waals surface area contributed by atoms with E-state index in [1.54, 1.807) is 19.1 Å². The molecule has 0 saturated heterocycles. The van der Waals surface area contributed by atoms with E-state index in [0.717, 1.165) is 19.3 Å². The lowest BCUT2D eigenvalue weighted by Crippen LogP contribution is -2.46. The first-order valence-corrected chi connectivity index (χ1v) is 6.55. The first-order valence-electron chi connectivity index (χ1n) is 6.55. The summed E-state index contributed by atoms with van der Waals surface area (Å²) in [7, 11) is 0. The lowest BCUT2D eigenvalue weighted by molar-refractivity contribution is 0.0367. The van der Waals surface area contributed by atoms with Gasteiger partial charge in [-0.2, -0.15) is 0 Å². The molecule has 0 aliphatic heterocycles. The predicted molar refractivity (Wildman–Crippen MR) is 71.6 cm³/mol. The van der Waals surface area contributed by atoms with Crippen LogP contribution in [-0.2, 0) is 5.60 Å². The Morgan fingerprint density at radius 3 is 3.11 bits per heavy atom. The molecule has 2 unspecified atom stereocenters. The van der Waals surface area contributed by atoms with Crippen molar-refractivity contribution < 1.29 is 14.3 Å². The fraction of sp³-hybridized carbons (Fsp3) is 0.500. The number of furan rings is 1.